The predicted octanol–water partition coefficient (Wildman–Crippen LogP) is 5.02. The quantitative estimate of drug-likeness (QED) is 0.829. The molecule has 1 saturated carbocycles. The molecule has 22 heavy (non-hydrogen) atoms. The van der Waals surface area contributed by atoms with E-state index in [1.54, 1.807) is 0 Å². The molecular formula is C19H29NO2. The van der Waals surface area contributed by atoms with Crippen LogP contribution in [0.1, 0.15) is 59.8 Å². The molecule has 1 aliphatic carbocycles. The van der Waals surface area contributed by atoms with Crippen LogP contribution < -0.4 is 10.1 Å². The maximum atomic E-state index is 12.8. The van der Waals surface area contributed by atoms with Crippen LogP contribution in [0.4, 0.5) is 5.69 Å². The lowest BCUT2D eigenvalue weighted by atomic mass is 9.59. The maximum Gasteiger partial charge on any atom is 0.230 e. The third kappa shape index (κ3) is 3.45. The van der Waals surface area contributed by atoms with Crippen molar-refractivity contribution in [3.8, 4) is 5.75 Å². The Hall–Kier alpha value is -1.51. The molecular weight excluding hydrogens is 274 g/mol. The van der Waals surface area contributed by atoms with Crippen LogP contribution in [0.15, 0.2) is 24.3 Å². The molecule has 1 amide bonds. The number of carbonyl (C=O) groups is 1. The lowest BCUT2D eigenvalue weighted by molar-refractivity contribution is -0.132. The zero-order valence-corrected chi connectivity index (χ0v) is 14.4. The van der Waals surface area contributed by atoms with Crippen LogP contribution in [-0.2, 0) is 4.79 Å². The largest absolute Gasteiger partial charge is 0.494 e. The number of amides is 1. The number of ether oxygens (including phenoxy) is 1. The van der Waals surface area contributed by atoms with Crippen molar-refractivity contribution >= 4 is 11.6 Å². The van der Waals surface area contributed by atoms with Crippen molar-refractivity contribution in [2.24, 2.45) is 10.8 Å². The Labute approximate surface area is 134 Å². The van der Waals surface area contributed by atoms with Gasteiger partial charge in [0.2, 0.25) is 5.91 Å². The van der Waals surface area contributed by atoms with E-state index in [1.165, 1.54) is 19.3 Å². The lowest BCUT2D eigenvalue weighted by Crippen LogP contribution is -2.45. The van der Waals surface area contributed by atoms with Gasteiger partial charge in [-0.25, -0.2) is 0 Å². The number of nitrogens with one attached hydrogen (secondary N) is 1. The molecule has 3 heteroatoms. The monoisotopic (exact) mass is 303 g/mol. The van der Waals surface area contributed by atoms with Gasteiger partial charge in [-0.15, -0.1) is 0 Å². The number of hydrogen-bond acceptors (Lipinski definition) is 2. The molecule has 1 fully saturated rings. The molecule has 1 aromatic rings. The molecule has 3 nitrogen and oxygen atoms in total. The van der Waals surface area contributed by atoms with Crippen LogP contribution in [0.25, 0.3) is 0 Å². The smallest absolute Gasteiger partial charge is 0.230 e. The molecule has 1 aliphatic rings. The van der Waals surface area contributed by atoms with Gasteiger partial charge < -0.3 is 10.1 Å². The summed E-state index contributed by atoms with van der Waals surface area (Å²) in [6.45, 7) is 9.05. The summed E-state index contributed by atoms with van der Waals surface area (Å²) < 4.78 is 5.43. The van der Waals surface area contributed by atoms with Gasteiger partial charge >= 0.3 is 0 Å². The number of rotatable bonds is 5. The first-order chi connectivity index (χ1) is 10.4. The molecule has 0 aliphatic heterocycles. The van der Waals surface area contributed by atoms with Crippen molar-refractivity contribution in [3.63, 3.8) is 0 Å². The van der Waals surface area contributed by atoms with Gasteiger partial charge in [0.15, 0.2) is 0 Å². The van der Waals surface area contributed by atoms with Gasteiger partial charge in [-0.1, -0.05) is 40.0 Å². The average molecular weight is 303 g/mol. The first-order valence-electron chi connectivity index (χ1n) is 8.43. The van der Waals surface area contributed by atoms with E-state index in [0.717, 1.165) is 24.3 Å². The van der Waals surface area contributed by atoms with Crippen molar-refractivity contribution in [1.29, 1.82) is 0 Å². The van der Waals surface area contributed by atoms with Gasteiger partial charge in [0, 0.05) is 11.1 Å². The van der Waals surface area contributed by atoms with Crippen LogP contribution in [0.5, 0.6) is 5.75 Å². The standard InChI is InChI=1S/C19H29NO2/c1-5-22-16-11-9-15(10-12-16)20-17(21)18(2,3)19(4)13-7-6-8-14-19/h9-12H,5-8,13-14H2,1-4H3,(H,20,21). The highest BCUT2D eigenvalue weighted by atomic mass is 16.5. The second-order valence-corrected chi connectivity index (χ2v) is 7.16. The Bertz CT molecular complexity index is 499. The molecule has 2 rings (SSSR count). The fourth-order valence-corrected chi connectivity index (χ4v) is 3.32. The highest BCUT2D eigenvalue weighted by molar-refractivity contribution is 5.95. The van der Waals surface area contributed by atoms with Crippen LogP contribution in [0.3, 0.4) is 0 Å². The summed E-state index contributed by atoms with van der Waals surface area (Å²) in [5.74, 6) is 0.945. The van der Waals surface area contributed by atoms with Crippen molar-refractivity contribution in [2.45, 2.75) is 59.8 Å². The van der Waals surface area contributed by atoms with E-state index < -0.39 is 0 Å². The fraction of sp³-hybridized carbons (Fsp3) is 0.632. The van der Waals surface area contributed by atoms with Gasteiger partial charge in [-0.3, -0.25) is 4.79 Å². The van der Waals surface area contributed by atoms with Crippen molar-refractivity contribution < 1.29 is 9.53 Å². The third-order valence-corrected chi connectivity index (χ3v) is 5.46. The summed E-state index contributed by atoms with van der Waals surface area (Å²) in [4.78, 5) is 12.8. The summed E-state index contributed by atoms with van der Waals surface area (Å²) in [6.07, 6.45) is 6.03. The highest BCUT2D eigenvalue weighted by Gasteiger charge is 2.46. The second kappa shape index (κ2) is 6.72. The van der Waals surface area contributed by atoms with Gasteiger partial charge in [0.05, 0.1) is 6.61 Å². The van der Waals surface area contributed by atoms with E-state index in [2.05, 4.69) is 26.1 Å². The second-order valence-electron chi connectivity index (χ2n) is 7.16. The van der Waals surface area contributed by atoms with Gasteiger partial charge in [-0.2, -0.15) is 0 Å². The van der Waals surface area contributed by atoms with Crippen LogP contribution in [-0.4, -0.2) is 12.5 Å². The van der Waals surface area contributed by atoms with Gasteiger partial charge in [0.1, 0.15) is 5.75 Å². The van der Waals surface area contributed by atoms with Crippen molar-refractivity contribution in [1.82, 2.24) is 0 Å². The lowest BCUT2D eigenvalue weighted by Gasteiger charge is -2.45. The fourth-order valence-electron chi connectivity index (χ4n) is 3.32. The summed E-state index contributed by atoms with van der Waals surface area (Å²) >= 11 is 0. The zero-order chi connectivity index (χ0) is 16.2. The normalized spacial score (nSPS) is 17.8. The van der Waals surface area contributed by atoms with E-state index in [9.17, 15) is 4.79 Å². The minimum atomic E-state index is -0.369. The molecule has 0 radical (unpaired) electrons. The third-order valence-electron chi connectivity index (χ3n) is 5.46. The number of benzene rings is 1. The van der Waals surface area contributed by atoms with Crippen molar-refractivity contribution in [2.75, 3.05) is 11.9 Å². The first-order valence-corrected chi connectivity index (χ1v) is 8.43. The molecule has 0 heterocycles. The van der Waals surface area contributed by atoms with E-state index in [4.69, 9.17) is 4.74 Å². The van der Waals surface area contributed by atoms with Crippen molar-refractivity contribution in [3.05, 3.63) is 24.3 Å². The Balaban J connectivity index is 2.06. The van der Waals surface area contributed by atoms with Gasteiger partial charge in [-0.05, 0) is 49.4 Å². The number of hydrogen-bond donors (Lipinski definition) is 1. The molecule has 0 unspecified atom stereocenters. The molecule has 122 valence electrons. The number of carbonyl (C=O) groups excluding carboxylic acids is 1. The van der Waals surface area contributed by atoms with E-state index in [1.807, 2.05) is 31.2 Å². The first kappa shape index (κ1) is 16.9. The SMILES string of the molecule is CCOc1ccc(NC(=O)C(C)(C)C2(C)CCCCC2)cc1. The minimum absolute atomic E-state index is 0.0839. The summed E-state index contributed by atoms with van der Waals surface area (Å²) in [7, 11) is 0. The minimum Gasteiger partial charge on any atom is -0.494 e. The highest BCUT2D eigenvalue weighted by Crippen LogP contribution is 2.49. The molecule has 1 aromatic carbocycles. The molecule has 0 saturated heterocycles. The van der Waals surface area contributed by atoms with Crippen LogP contribution in [0, 0.1) is 10.8 Å². The average Bonchev–Trinajstić information content (AvgIpc) is 2.50. The molecule has 0 aromatic heterocycles. The summed E-state index contributed by atoms with van der Waals surface area (Å²) in [6, 6.07) is 7.60. The Kier molecular flexibility index (Phi) is 5.15. The van der Waals surface area contributed by atoms with E-state index >= 15 is 0 Å². The topological polar surface area (TPSA) is 38.3 Å². The Morgan fingerprint density at radius 2 is 1.77 bits per heavy atom. The van der Waals surface area contributed by atoms with Crippen LogP contribution >= 0.6 is 0 Å². The zero-order valence-electron chi connectivity index (χ0n) is 14.4. The molecule has 0 atom stereocenters. The Morgan fingerprint density at radius 1 is 1.18 bits per heavy atom. The maximum absolute atomic E-state index is 12.8. The number of anilines is 1. The van der Waals surface area contributed by atoms with E-state index in [-0.39, 0.29) is 16.7 Å². The molecule has 1 N–H and O–H groups in total. The molecule has 0 bridgehead atoms. The van der Waals surface area contributed by atoms with E-state index in [0.29, 0.717) is 6.61 Å². The summed E-state index contributed by atoms with van der Waals surface area (Å²) in [5.41, 5.74) is 0.549. The predicted molar refractivity (Wildman–Crippen MR) is 91.2 cm³/mol. The summed E-state index contributed by atoms with van der Waals surface area (Å²) in [5, 5.41) is 3.08. The Morgan fingerprint density at radius 3 is 2.32 bits per heavy atom. The van der Waals surface area contributed by atoms with Gasteiger partial charge in [0.25, 0.3) is 0 Å². The molecule has 0 spiro atoms. The van der Waals surface area contributed by atoms with Crippen LogP contribution in [0.2, 0.25) is 0 Å².